The van der Waals surface area contributed by atoms with Crippen LogP contribution in [0.2, 0.25) is 0 Å². The lowest BCUT2D eigenvalue weighted by Gasteiger charge is -2.29. The first-order chi connectivity index (χ1) is 18.0. The summed E-state index contributed by atoms with van der Waals surface area (Å²) < 4.78 is 2.06. The Kier molecular flexibility index (Phi) is 5.19. The molecule has 4 N–H and O–H groups in total. The Bertz CT molecular complexity index is 1770. The lowest BCUT2D eigenvalue weighted by atomic mass is 9.88. The minimum absolute atomic E-state index is 0.277. The molecule has 3 aromatic heterocycles. The molecule has 9 heteroatoms. The lowest BCUT2D eigenvalue weighted by molar-refractivity contribution is -0.117. The second kappa shape index (κ2) is 8.56. The Labute approximate surface area is 212 Å². The maximum absolute atomic E-state index is 12.3. The predicted octanol–water partition coefficient (Wildman–Crippen LogP) is 4.45. The molecule has 182 valence electrons. The number of hydrogen-bond acceptors (Lipinski definition) is 7. The molecule has 0 bridgehead atoms. The lowest BCUT2D eigenvalue weighted by Crippen LogP contribution is -2.33. The maximum Gasteiger partial charge on any atom is 0.243 e. The number of pyridine rings is 1. The van der Waals surface area contributed by atoms with Crippen LogP contribution in [0.15, 0.2) is 78.9 Å². The molecule has 0 radical (unpaired) electrons. The van der Waals surface area contributed by atoms with E-state index < -0.39 is 0 Å². The number of anilines is 1. The Morgan fingerprint density at radius 1 is 1.22 bits per heavy atom. The highest BCUT2D eigenvalue weighted by Crippen LogP contribution is 2.47. The minimum Gasteiger partial charge on any atom is -0.411 e. The number of nitrogens with zero attached hydrogens (tertiary/aromatic N) is 5. The van der Waals surface area contributed by atoms with E-state index >= 15 is 0 Å². The van der Waals surface area contributed by atoms with Gasteiger partial charge < -0.3 is 20.8 Å². The smallest absolute Gasteiger partial charge is 0.243 e. The van der Waals surface area contributed by atoms with Crippen LogP contribution >= 0.6 is 0 Å². The van der Waals surface area contributed by atoms with Gasteiger partial charge in [0.25, 0.3) is 0 Å². The topological polar surface area (TPSA) is 131 Å². The molecular weight excluding hydrogens is 466 g/mol. The van der Waals surface area contributed by atoms with Crippen LogP contribution in [0.5, 0.6) is 0 Å². The summed E-state index contributed by atoms with van der Waals surface area (Å²) in [6.45, 7) is 5.76. The summed E-state index contributed by atoms with van der Waals surface area (Å²) in [6.07, 6.45) is 4.53. The fourth-order valence-electron chi connectivity index (χ4n) is 5.12. The molecule has 0 saturated heterocycles. The highest BCUT2D eigenvalue weighted by atomic mass is 16.4. The minimum atomic E-state index is -0.345. The molecule has 0 aliphatic carbocycles. The number of nitrogens with two attached hydrogens (primary N) is 1. The standard InChI is InChI=1S/C28H23N7O2/c1-3-23(36)33-22-13-35-26(20-11-16(15(2)34-37)8-9-19(20)22)24(25-27(29)31-14-32-28(25)35)18-10-17-6-4-5-7-21(17)30-12-18/h3-12,14,22,37H,1,13H2,2H3,(H,33,36)(H2,29,31,32)/b34-15+. The van der Waals surface area contributed by atoms with Crippen LogP contribution in [0, 0.1) is 0 Å². The molecule has 6 rings (SSSR count). The summed E-state index contributed by atoms with van der Waals surface area (Å²) in [5, 5.41) is 17.6. The van der Waals surface area contributed by atoms with Crippen molar-refractivity contribution in [1.82, 2.24) is 24.8 Å². The number of para-hydroxylation sites is 1. The fraction of sp³-hybridized carbons (Fsp3) is 0.107. The number of rotatable bonds is 4. The Hall–Kier alpha value is -5.05. The van der Waals surface area contributed by atoms with E-state index in [-0.39, 0.29) is 11.9 Å². The van der Waals surface area contributed by atoms with Crippen molar-refractivity contribution in [2.45, 2.75) is 19.5 Å². The van der Waals surface area contributed by atoms with Gasteiger partial charge in [-0.15, -0.1) is 0 Å². The average molecular weight is 490 g/mol. The Morgan fingerprint density at radius 2 is 2.05 bits per heavy atom. The van der Waals surface area contributed by atoms with Gasteiger partial charge in [0.15, 0.2) is 0 Å². The highest BCUT2D eigenvalue weighted by Gasteiger charge is 2.33. The van der Waals surface area contributed by atoms with E-state index in [2.05, 4.69) is 37.7 Å². The van der Waals surface area contributed by atoms with Crippen LogP contribution in [0.4, 0.5) is 5.82 Å². The van der Waals surface area contributed by atoms with Gasteiger partial charge in [0.1, 0.15) is 17.8 Å². The summed E-state index contributed by atoms with van der Waals surface area (Å²) >= 11 is 0. The Morgan fingerprint density at radius 3 is 2.86 bits per heavy atom. The predicted molar refractivity (Wildman–Crippen MR) is 143 cm³/mol. The van der Waals surface area contributed by atoms with Crippen LogP contribution in [0.25, 0.3) is 44.3 Å². The number of oxime groups is 1. The van der Waals surface area contributed by atoms with Crippen LogP contribution in [0.3, 0.4) is 0 Å². The van der Waals surface area contributed by atoms with Crippen LogP contribution in [-0.4, -0.2) is 36.3 Å². The van der Waals surface area contributed by atoms with Crippen molar-refractivity contribution in [3.8, 4) is 22.4 Å². The van der Waals surface area contributed by atoms with E-state index in [4.69, 9.17) is 10.7 Å². The van der Waals surface area contributed by atoms with Crippen molar-refractivity contribution < 1.29 is 10.0 Å². The summed E-state index contributed by atoms with van der Waals surface area (Å²) in [7, 11) is 0. The van der Waals surface area contributed by atoms with Gasteiger partial charge in [-0.1, -0.05) is 42.1 Å². The average Bonchev–Trinajstić information content (AvgIpc) is 3.27. The van der Waals surface area contributed by atoms with Crippen molar-refractivity contribution in [1.29, 1.82) is 0 Å². The Balaban J connectivity index is 1.71. The van der Waals surface area contributed by atoms with Crippen LogP contribution in [-0.2, 0) is 11.3 Å². The number of carbonyl (C=O) groups excluding carboxylic acids is 1. The van der Waals surface area contributed by atoms with Crippen molar-refractivity contribution in [3.05, 3.63) is 84.8 Å². The van der Waals surface area contributed by atoms with Gasteiger partial charge in [-0.05, 0) is 42.3 Å². The quantitative estimate of drug-likeness (QED) is 0.148. The molecule has 4 heterocycles. The molecule has 1 amide bonds. The molecular formula is C28H23N7O2. The summed E-state index contributed by atoms with van der Waals surface area (Å²) in [4.78, 5) is 25.9. The number of hydrogen-bond donors (Lipinski definition) is 3. The fourth-order valence-corrected chi connectivity index (χ4v) is 5.12. The molecule has 0 saturated carbocycles. The molecule has 1 aliphatic rings. The van der Waals surface area contributed by atoms with Crippen molar-refractivity contribution in [2.24, 2.45) is 5.16 Å². The molecule has 2 aromatic carbocycles. The normalized spacial score (nSPS) is 14.8. The third kappa shape index (κ3) is 3.51. The van der Waals surface area contributed by atoms with Crippen molar-refractivity contribution in [2.75, 3.05) is 5.73 Å². The highest BCUT2D eigenvalue weighted by molar-refractivity contribution is 6.10. The number of carbonyl (C=O) groups is 1. The van der Waals surface area contributed by atoms with Crippen LogP contribution < -0.4 is 11.1 Å². The molecule has 9 nitrogen and oxygen atoms in total. The van der Waals surface area contributed by atoms with Crippen LogP contribution in [0.1, 0.15) is 24.1 Å². The molecule has 0 spiro atoms. The van der Waals surface area contributed by atoms with E-state index in [1.165, 1.54) is 12.4 Å². The molecule has 1 atom stereocenters. The molecule has 1 aliphatic heterocycles. The van der Waals surface area contributed by atoms with Gasteiger partial charge in [0.2, 0.25) is 5.91 Å². The van der Waals surface area contributed by atoms with E-state index in [1.54, 1.807) is 6.92 Å². The van der Waals surface area contributed by atoms with Gasteiger partial charge in [-0.2, -0.15) is 0 Å². The number of benzene rings is 2. The monoisotopic (exact) mass is 489 g/mol. The van der Waals surface area contributed by atoms with Gasteiger partial charge >= 0.3 is 0 Å². The number of nitrogens with one attached hydrogen (secondary N) is 1. The number of amides is 1. The first kappa shape index (κ1) is 22.4. The molecule has 1 unspecified atom stereocenters. The SMILES string of the molecule is C=CC(=O)NC1Cn2c(c(-c3cnc4ccccc4c3)c3c(N)ncnc32)-c2cc(/C(C)=N/O)ccc21. The van der Waals surface area contributed by atoms with E-state index in [9.17, 15) is 10.0 Å². The molecule has 5 aromatic rings. The third-order valence-corrected chi connectivity index (χ3v) is 6.87. The summed E-state index contributed by atoms with van der Waals surface area (Å²) in [5.74, 6) is 0.0775. The second-order valence-electron chi connectivity index (χ2n) is 8.96. The zero-order chi connectivity index (χ0) is 25.7. The van der Waals surface area contributed by atoms with Gasteiger partial charge in [0.05, 0.1) is 28.4 Å². The molecule has 37 heavy (non-hydrogen) atoms. The largest absolute Gasteiger partial charge is 0.411 e. The van der Waals surface area contributed by atoms with Gasteiger partial charge in [-0.25, -0.2) is 9.97 Å². The second-order valence-corrected chi connectivity index (χ2v) is 8.96. The van der Waals surface area contributed by atoms with Crippen molar-refractivity contribution in [3.63, 3.8) is 0 Å². The summed E-state index contributed by atoms with van der Waals surface area (Å²) in [6, 6.07) is 15.4. The zero-order valence-electron chi connectivity index (χ0n) is 20.0. The first-order valence-electron chi connectivity index (χ1n) is 11.7. The third-order valence-electron chi connectivity index (χ3n) is 6.87. The molecule has 0 fully saturated rings. The van der Waals surface area contributed by atoms with Crippen molar-refractivity contribution >= 4 is 39.4 Å². The summed E-state index contributed by atoms with van der Waals surface area (Å²) in [5.41, 5.74) is 13.6. The van der Waals surface area contributed by atoms with Gasteiger partial charge in [0, 0.05) is 34.8 Å². The first-order valence-corrected chi connectivity index (χ1v) is 11.7. The van der Waals surface area contributed by atoms with E-state index in [0.29, 0.717) is 29.1 Å². The number of nitrogen functional groups attached to an aromatic ring is 1. The number of fused-ring (bicyclic) bond motifs is 6. The maximum atomic E-state index is 12.3. The van der Waals surface area contributed by atoms with Gasteiger partial charge in [-0.3, -0.25) is 9.78 Å². The number of aromatic nitrogens is 4. The zero-order valence-corrected chi connectivity index (χ0v) is 20.0. The van der Waals surface area contributed by atoms with E-state index in [0.717, 1.165) is 44.4 Å². The van der Waals surface area contributed by atoms with E-state index in [1.807, 2.05) is 48.7 Å².